The average Bonchev–Trinajstić information content (AvgIpc) is 1.60. The smallest absolute Gasteiger partial charge is 0.0753 e. The van der Waals surface area contributed by atoms with Gasteiger partial charge in [0.05, 0.1) is 14.2 Å². The molecule has 0 aliphatic heterocycles. The summed E-state index contributed by atoms with van der Waals surface area (Å²) in [6.45, 7) is 10.6. The van der Waals surface area contributed by atoms with Gasteiger partial charge in [0.2, 0.25) is 0 Å². The van der Waals surface area contributed by atoms with Crippen LogP contribution in [0.1, 0.15) is 13.8 Å². The Hall–Kier alpha value is -0.0831. The lowest BCUT2D eigenvalue weighted by molar-refractivity contribution is 0.238. The Morgan fingerprint density at radius 3 is 1.80 bits per heavy atom. The van der Waals surface area contributed by atoms with Gasteiger partial charge >= 0.3 is 0 Å². The minimum Gasteiger partial charge on any atom is -0.389 e. The van der Waals surface area contributed by atoms with Gasteiger partial charge in [-0.05, 0) is 13.8 Å². The molecule has 0 fully saturated rings. The number of aliphatic hydroxyl groups excluding tert-OH is 1. The molecule has 0 aliphatic rings. The fraction of sp³-hybridized carbons (Fsp3) is 0.750. The van der Waals surface area contributed by atoms with E-state index in [4.69, 9.17) is 0 Å². The fourth-order valence-corrected chi connectivity index (χ4v) is 3.42. The summed E-state index contributed by atoms with van der Waals surface area (Å²) in [4.78, 5) is 0. The predicted octanol–water partition coefficient (Wildman–Crippen LogP) is 2.19. The van der Waals surface area contributed by atoms with Crippen LogP contribution in [0.5, 0.6) is 0 Å². The summed E-state index contributed by atoms with van der Waals surface area (Å²) >= 11 is 0. The summed E-state index contributed by atoms with van der Waals surface area (Å²) in [5.74, 6) is 0. The molecule has 0 aromatic heterocycles. The molecule has 2 heteroatoms. The Balaban J connectivity index is 4.40. The zero-order chi connectivity index (χ0) is 8.36. The molecule has 60 valence electrons. The van der Waals surface area contributed by atoms with Gasteiger partial charge in [0.25, 0.3) is 0 Å². The van der Waals surface area contributed by atoms with Crippen LogP contribution in [0, 0.1) is 0 Å². The minimum absolute atomic E-state index is 0.253. The molecule has 0 heterocycles. The molecule has 10 heavy (non-hydrogen) atoms. The van der Waals surface area contributed by atoms with E-state index in [0.717, 1.165) is 0 Å². The molecule has 0 radical (unpaired) electrons. The summed E-state index contributed by atoms with van der Waals surface area (Å²) in [5.41, 5.74) is 0. The van der Waals surface area contributed by atoms with Gasteiger partial charge < -0.3 is 5.11 Å². The molecule has 1 unspecified atom stereocenters. The lowest BCUT2D eigenvalue weighted by Gasteiger charge is -2.22. The summed E-state index contributed by atoms with van der Waals surface area (Å²) in [6, 6.07) is 0. The van der Waals surface area contributed by atoms with Crippen molar-refractivity contribution in [2.24, 2.45) is 0 Å². The fourth-order valence-electron chi connectivity index (χ4n) is 1.30. The zero-order valence-corrected chi connectivity index (χ0v) is 8.60. The number of allylic oxidation sites excluding steroid dienone is 1. The molecule has 0 saturated heterocycles. The van der Waals surface area contributed by atoms with Crippen LogP contribution in [0.25, 0.3) is 0 Å². The third-order valence-electron chi connectivity index (χ3n) is 1.63. The number of rotatable bonds is 2. The molecule has 0 aliphatic carbocycles. The topological polar surface area (TPSA) is 20.2 Å². The molecular weight excluding hydrogens is 140 g/mol. The van der Waals surface area contributed by atoms with Crippen LogP contribution < -0.4 is 0 Å². The maximum absolute atomic E-state index is 9.31. The van der Waals surface area contributed by atoms with Crippen LogP contribution >= 0.6 is 0 Å². The quantitative estimate of drug-likeness (QED) is 0.611. The van der Waals surface area contributed by atoms with E-state index in [1.165, 1.54) is 5.20 Å². The van der Waals surface area contributed by atoms with E-state index < -0.39 is 8.07 Å². The summed E-state index contributed by atoms with van der Waals surface area (Å²) in [6.07, 6.45) is 1.80. The number of hydrogen-bond donors (Lipinski definition) is 1. The van der Waals surface area contributed by atoms with Crippen molar-refractivity contribution in [1.82, 2.24) is 0 Å². The van der Waals surface area contributed by atoms with E-state index in [0.29, 0.717) is 0 Å². The standard InChI is InChI=1S/C8H18OSi/c1-6-8(7(2)9)10(3,4)5/h6-7,9H,1-5H3. The highest BCUT2D eigenvalue weighted by atomic mass is 28.3. The Morgan fingerprint density at radius 2 is 1.80 bits per heavy atom. The second-order valence-electron chi connectivity index (χ2n) is 3.67. The monoisotopic (exact) mass is 158 g/mol. The van der Waals surface area contributed by atoms with Crippen LogP contribution in [0.2, 0.25) is 19.6 Å². The van der Waals surface area contributed by atoms with E-state index in [1.807, 2.05) is 13.8 Å². The Bertz CT molecular complexity index is 131. The van der Waals surface area contributed by atoms with Crippen molar-refractivity contribution in [3.8, 4) is 0 Å². The zero-order valence-electron chi connectivity index (χ0n) is 7.60. The van der Waals surface area contributed by atoms with Crippen molar-refractivity contribution in [2.45, 2.75) is 39.6 Å². The highest BCUT2D eigenvalue weighted by molar-refractivity contribution is 6.83. The van der Waals surface area contributed by atoms with Crippen LogP contribution in [0.3, 0.4) is 0 Å². The molecule has 1 atom stereocenters. The Labute approximate surface area is 64.8 Å². The first kappa shape index (κ1) is 9.92. The van der Waals surface area contributed by atoms with Gasteiger partial charge in [0.1, 0.15) is 0 Å². The van der Waals surface area contributed by atoms with E-state index in [9.17, 15) is 5.11 Å². The van der Waals surface area contributed by atoms with Gasteiger partial charge in [0, 0.05) is 0 Å². The molecule has 0 saturated carbocycles. The van der Waals surface area contributed by atoms with E-state index in [2.05, 4.69) is 25.7 Å². The first-order valence-electron chi connectivity index (χ1n) is 3.74. The molecule has 0 aromatic rings. The predicted molar refractivity (Wildman–Crippen MR) is 48.8 cm³/mol. The van der Waals surface area contributed by atoms with Gasteiger partial charge in [-0.3, -0.25) is 0 Å². The van der Waals surface area contributed by atoms with Gasteiger partial charge in [-0.15, -0.1) is 0 Å². The lowest BCUT2D eigenvalue weighted by atomic mass is 10.3. The second kappa shape index (κ2) is 3.35. The molecule has 1 nitrogen and oxygen atoms in total. The van der Waals surface area contributed by atoms with Gasteiger partial charge in [0.15, 0.2) is 0 Å². The largest absolute Gasteiger partial charge is 0.389 e. The third kappa shape index (κ3) is 2.67. The van der Waals surface area contributed by atoms with Crippen molar-refractivity contribution in [1.29, 1.82) is 0 Å². The minimum atomic E-state index is -1.24. The van der Waals surface area contributed by atoms with Crippen LogP contribution in [0.15, 0.2) is 11.3 Å². The average molecular weight is 158 g/mol. The van der Waals surface area contributed by atoms with E-state index in [-0.39, 0.29) is 6.10 Å². The highest BCUT2D eigenvalue weighted by Crippen LogP contribution is 2.17. The van der Waals surface area contributed by atoms with Crippen molar-refractivity contribution in [3.63, 3.8) is 0 Å². The summed E-state index contributed by atoms with van der Waals surface area (Å²) < 4.78 is 0. The number of aliphatic hydroxyl groups is 1. The molecule has 0 aromatic carbocycles. The Morgan fingerprint density at radius 1 is 1.40 bits per heavy atom. The maximum atomic E-state index is 9.31. The normalized spacial score (nSPS) is 17.2. The first-order valence-corrected chi connectivity index (χ1v) is 7.24. The SMILES string of the molecule is CC=C(C(C)O)[Si](C)(C)C. The van der Waals surface area contributed by atoms with Crippen LogP contribution in [-0.2, 0) is 0 Å². The molecule has 0 amide bonds. The molecule has 0 spiro atoms. The highest BCUT2D eigenvalue weighted by Gasteiger charge is 2.21. The molecule has 1 N–H and O–H groups in total. The van der Waals surface area contributed by atoms with Crippen molar-refractivity contribution >= 4 is 8.07 Å². The first-order chi connectivity index (χ1) is 4.39. The van der Waals surface area contributed by atoms with Crippen molar-refractivity contribution < 1.29 is 5.11 Å². The summed E-state index contributed by atoms with van der Waals surface area (Å²) in [7, 11) is -1.24. The van der Waals surface area contributed by atoms with Gasteiger partial charge in [-0.2, -0.15) is 0 Å². The van der Waals surface area contributed by atoms with Gasteiger partial charge in [-0.1, -0.05) is 30.9 Å². The van der Waals surface area contributed by atoms with Crippen molar-refractivity contribution in [3.05, 3.63) is 11.3 Å². The molecule has 0 bridgehead atoms. The summed E-state index contributed by atoms with van der Waals surface area (Å²) in [5, 5.41) is 10.6. The maximum Gasteiger partial charge on any atom is 0.0753 e. The second-order valence-corrected chi connectivity index (χ2v) is 8.75. The van der Waals surface area contributed by atoms with E-state index in [1.54, 1.807) is 0 Å². The van der Waals surface area contributed by atoms with Crippen LogP contribution in [-0.4, -0.2) is 19.3 Å². The number of hydrogen-bond acceptors (Lipinski definition) is 1. The van der Waals surface area contributed by atoms with E-state index >= 15 is 0 Å². The Kier molecular flexibility index (Phi) is 3.32. The van der Waals surface area contributed by atoms with Crippen molar-refractivity contribution in [2.75, 3.05) is 0 Å². The molecule has 0 rings (SSSR count). The van der Waals surface area contributed by atoms with Crippen LogP contribution in [0.4, 0.5) is 0 Å². The molecular formula is C8H18OSi. The lowest BCUT2D eigenvalue weighted by Crippen LogP contribution is -2.30. The van der Waals surface area contributed by atoms with Gasteiger partial charge in [-0.25, -0.2) is 0 Å². The third-order valence-corrected chi connectivity index (χ3v) is 4.07.